The molecule has 0 atom stereocenters. The highest BCUT2D eigenvalue weighted by Crippen LogP contribution is 2.24. The lowest BCUT2D eigenvalue weighted by Gasteiger charge is -2.08. The third-order valence-electron chi connectivity index (χ3n) is 2.25. The Bertz CT molecular complexity index is 739. The molecule has 1 N–H and O–H groups in total. The van der Waals surface area contributed by atoms with Crippen molar-refractivity contribution in [2.45, 2.75) is 4.90 Å². The number of anilines is 1. The molecule has 0 amide bonds. The lowest BCUT2D eigenvalue weighted by molar-refractivity contribution is 0.601. The number of nitrogens with zero attached hydrogens (tertiary/aromatic N) is 2. The van der Waals surface area contributed by atoms with Crippen LogP contribution in [0.2, 0.25) is 5.02 Å². The van der Waals surface area contributed by atoms with Crippen molar-refractivity contribution in [3.05, 3.63) is 53.2 Å². The van der Waals surface area contributed by atoms with Crippen molar-refractivity contribution in [3.63, 3.8) is 0 Å². The maximum atomic E-state index is 12.1. The predicted molar refractivity (Wildman–Crippen MR) is 71.2 cm³/mol. The molecule has 1 aromatic carbocycles. The van der Waals surface area contributed by atoms with Crippen LogP contribution in [-0.4, -0.2) is 13.4 Å². The monoisotopic (exact) mass is 293 g/mol. The SMILES string of the molecule is N#Cc1ccc(S(=O)(=O)Nc2ccccn2)c(Cl)c1. The Morgan fingerprint density at radius 3 is 2.63 bits per heavy atom. The average molecular weight is 294 g/mol. The summed E-state index contributed by atoms with van der Waals surface area (Å²) in [7, 11) is -3.82. The van der Waals surface area contributed by atoms with E-state index in [1.165, 1.54) is 30.5 Å². The Labute approximate surface area is 115 Å². The van der Waals surface area contributed by atoms with Gasteiger partial charge in [-0.15, -0.1) is 0 Å². The molecule has 96 valence electrons. The third-order valence-corrected chi connectivity index (χ3v) is 4.09. The summed E-state index contributed by atoms with van der Waals surface area (Å²) >= 11 is 5.87. The molecule has 5 nitrogen and oxygen atoms in total. The number of halogens is 1. The zero-order valence-corrected chi connectivity index (χ0v) is 11.1. The first-order chi connectivity index (χ1) is 9.03. The van der Waals surface area contributed by atoms with Gasteiger partial charge in [-0.25, -0.2) is 13.4 Å². The van der Waals surface area contributed by atoms with Gasteiger partial charge in [-0.2, -0.15) is 5.26 Å². The maximum absolute atomic E-state index is 12.1. The Kier molecular flexibility index (Phi) is 3.69. The van der Waals surface area contributed by atoms with Crippen LogP contribution in [0.1, 0.15) is 5.56 Å². The summed E-state index contributed by atoms with van der Waals surface area (Å²) in [5.74, 6) is 0.197. The minimum atomic E-state index is -3.82. The Balaban J connectivity index is 2.38. The lowest BCUT2D eigenvalue weighted by atomic mass is 10.2. The maximum Gasteiger partial charge on any atom is 0.264 e. The highest BCUT2D eigenvalue weighted by atomic mass is 35.5. The van der Waals surface area contributed by atoms with E-state index in [1.54, 1.807) is 12.1 Å². The van der Waals surface area contributed by atoms with Crippen molar-refractivity contribution in [2.75, 3.05) is 4.72 Å². The number of hydrogen-bond donors (Lipinski definition) is 1. The zero-order valence-electron chi connectivity index (χ0n) is 9.54. The smallest absolute Gasteiger partial charge is 0.263 e. The summed E-state index contributed by atoms with van der Waals surface area (Å²) in [6, 6.07) is 10.7. The van der Waals surface area contributed by atoms with E-state index in [2.05, 4.69) is 9.71 Å². The van der Waals surface area contributed by atoms with Gasteiger partial charge in [-0.05, 0) is 30.3 Å². The van der Waals surface area contributed by atoms with Crippen molar-refractivity contribution in [1.82, 2.24) is 4.98 Å². The molecule has 0 aliphatic heterocycles. The van der Waals surface area contributed by atoms with E-state index in [0.29, 0.717) is 5.56 Å². The molecule has 1 aromatic heterocycles. The first-order valence-corrected chi connectivity index (χ1v) is 7.02. The Morgan fingerprint density at radius 1 is 1.26 bits per heavy atom. The van der Waals surface area contributed by atoms with Gasteiger partial charge in [0.2, 0.25) is 0 Å². The lowest BCUT2D eigenvalue weighted by Crippen LogP contribution is -2.14. The Morgan fingerprint density at radius 2 is 2.05 bits per heavy atom. The van der Waals surface area contributed by atoms with E-state index >= 15 is 0 Å². The van der Waals surface area contributed by atoms with Gasteiger partial charge in [0.15, 0.2) is 0 Å². The molecule has 0 fully saturated rings. The van der Waals surface area contributed by atoms with Crippen LogP contribution in [-0.2, 0) is 10.0 Å². The van der Waals surface area contributed by atoms with Gasteiger partial charge in [0.25, 0.3) is 10.0 Å². The number of nitriles is 1. The molecule has 0 aliphatic rings. The van der Waals surface area contributed by atoms with E-state index in [0.717, 1.165) is 0 Å². The van der Waals surface area contributed by atoms with Crippen LogP contribution in [0.5, 0.6) is 0 Å². The fourth-order valence-corrected chi connectivity index (χ4v) is 2.96. The van der Waals surface area contributed by atoms with Crippen LogP contribution in [0.15, 0.2) is 47.5 Å². The highest BCUT2D eigenvalue weighted by molar-refractivity contribution is 7.92. The molecule has 0 bridgehead atoms. The molecule has 19 heavy (non-hydrogen) atoms. The van der Waals surface area contributed by atoms with Crippen molar-refractivity contribution >= 4 is 27.4 Å². The predicted octanol–water partition coefficient (Wildman–Crippen LogP) is 2.41. The molecule has 0 aliphatic carbocycles. The molecule has 0 spiro atoms. The number of hydrogen-bond acceptors (Lipinski definition) is 4. The van der Waals surface area contributed by atoms with Crippen LogP contribution in [0.25, 0.3) is 0 Å². The molecule has 0 radical (unpaired) electrons. The van der Waals surface area contributed by atoms with E-state index < -0.39 is 10.0 Å². The number of aromatic nitrogens is 1. The molecule has 1 heterocycles. The van der Waals surface area contributed by atoms with Crippen molar-refractivity contribution in [2.24, 2.45) is 0 Å². The van der Waals surface area contributed by atoms with Crippen LogP contribution in [0.4, 0.5) is 5.82 Å². The second-order valence-electron chi connectivity index (χ2n) is 3.58. The number of nitrogens with one attached hydrogen (secondary N) is 1. The number of benzene rings is 1. The van der Waals surface area contributed by atoms with Crippen LogP contribution in [0.3, 0.4) is 0 Å². The number of sulfonamides is 1. The van der Waals surface area contributed by atoms with Gasteiger partial charge < -0.3 is 0 Å². The fourth-order valence-electron chi connectivity index (χ4n) is 1.40. The molecular weight excluding hydrogens is 286 g/mol. The summed E-state index contributed by atoms with van der Waals surface area (Å²) in [6.45, 7) is 0. The van der Waals surface area contributed by atoms with Crippen molar-refractivity contribution in [3.8, 4) is 6.07 Å². The van der Waals surface area contributed by atoms with Gasteiger partial charge in [-0.3, -0.25) is 4.72 Å². The highest BCUT2D eigenvalue weighted by Gasteiger charge is 2.18. The van der Waals surface area contributed by atoms with Crippen LogP contribution >= 0.6 is 11.6 Å². The summed E-state index contributed by atoms with van der Waals surface area (Å²) in [6.07, 6.45) is 1.47. The minimum Gasteiger partial charge on any atom is -0.263 e. The number of rotatable bonds is 3. The average Bonchev–Trinajstić information content (AvgIpc) is 2.38. The first kappa shape index (κ1) is 13.3. The fraction of sp³-hybridized carbons (Fsp3) is 0. The standard InChI is InChI=1S/C12H8ClN3O2S/c13-10-7-9(8-14)4-5-11(10)19(17,18)16-12-3-1-2-6-15-12/h1-7H,(H,15,16). The summed E-state index contributed by atoms with van der Waals surface area (Å²) in [5.41, 5.74) is 0.293. The van der Waals surface area contributed by atoms with Crippen molar-refractivity contribution < 1.29 is 8.42 Å². The van der Waals surface area contributed by atoms with Crippen molar-refractivity contribution in [1.29, 1.82) is 5.26 Å². The second kappa shape index (κ2) is 5.26. The molecule has 2 aromatic rings. The summed E-state index contributed by atoms with van der Waals surface area (Å²) < 4.78 is 26.5. The van der Waals surface area contributed by atoms with Gasteiger partial charge in [0.05, 0.1) is 16.7 Å². The van der Waals surface area contributed by atoms with E-state index in [4.69, 9.17) is 16.9 Å². The van der Waals surface area contributed by atoms with E-state index in [-0.39, 0.29) is 15.7 Å². The molecule has 0 saturated carbocycles. The van der Waals surface area contributed by atoms with Gasteiger partial charge in [-0.1, -0.05) is 17.7 Å². The third kappa shape index (κ3) is 3.02. The summed E-state index contributed by atoms with van der Waals surface area (Å²) in [5, 5.41) is 8.70. The van der Waals surface area contributed by atoms with Crippen LogP contribution in [0, 0.1) is 11.3 Å². The van der Waals surface area contributed by atoms with Gasteiger partial charge in [0.1, 0.15) is 10.7 Å². The van der Waals surface area contributed by atoms with E-state index in [1.807, 2.05) is 6.07 Å². The van der Waals surface area contributed by atoms with Gasteiger partial charge >= 0.3 is 0 Å². The quantitative estimate of drug-likeness (QED) is 0.942. The van der Waals surface area contributed by atoms with Gasteiger partial charge in [0, 0.05) is 6.20 Å². The minimum absolute atomic E-state index is 0.0116. The van der Waals surface area contributed by atoms with E-state index in [9.17, 15) is 8.42 Å². The molecule has 2 rings (SSSR count). The molecular formula is C12H8ClN3O2S. The molecule has 0 saturated heterocycles. The first-order valence-electron chi connectivity index (χ1n) is 5.16. The summed E-state index contributed by atoms with van der Waals surface area (Å²) in [4.78, 5) is 3.77. The zero-order chi connectivity index (χ0) is 13.9. The Hall–Kier alpha value is -2.10. The molecule has 7 heteroatoms. The topological polar surface area (TPSA) is 82.8 Å². The second-order valence-corrected chi connectivity index (χ2v) is 5.64. The largest absolute Gasteiger partial charge is 0.264 e. The number of pyridine rings is 1. The molecule has 0 unspecified atom stereocenters. The normalized spacial score (nSPS) is 10.7. The van der Waals surface area contributed by atoms with Crippen LogP contribution < -0.4 is 4.72 Å².